The number of alkyl halides is 3. The maximum atomic E-state index is 14.2. The van der Waals surface area contributed by atoms with E-state index in [0.717, 1.165) is 29.9 Å². The van der Waals surface area contributed by atoms with Crippen molar-refractivity contribution in [2.75, 3.05) is 43.9 Å². The SMILES string of the molecule is CCC(C)Oc1cc2ccc(Nc3cnc4ccc(Cl)nn34)cc2cc1C(=O)Nc1ccc(CN2CCN(C)CC2)c(C(F)(F)F)c1. The molecule has 3 heterocycles. The monoisotopic (exact) mass is 665 g/mol. The normalized spacial score (nSPS) is 15.2. The van der Waals surface area contributed by atoms with Gasteiger partial charge in [-0.1, -0.05) is 30.7 Å². The maximum absolute atomic E-state index is 14.2. The Bertz CT molecular complexity index is 1920. The summed E-state index contributed by atoms with van der Waals surface area (Å²) >= 11 is 6.08. The molecule has 9 nitrogen and oxygen atoms in total. The second kappa shape index (κ2) is 13.4. The number of likely N-dealkylation sites (N-methyl/N-ethyl adjacent to an activating group) is 1. The minimum absolute atomic E-state index is 0.0493. The minimum Gasteiger partial charge on any atom is -0.490 e. The zero-order chi connectivity index (χ0) is 33.3. The molecule has 1 unspecified atom stereocenters. The zero-order valence-corrected chi connectivity index (χ0v) is 27.0. The standard InChI is InChI=1S/C34H35ClF3N7O2/c1-4-21(2)47-29-17-22-5-7-25(40-32-19-39-31-10-9-30(35)42-45(31)32)15-24(22)16-27(29)33(46)41-26-8-6-23(28(18-26)34(36,37)38)20-44-13-11-43(3)12-14-44/h5-10,15-19,21,40H,4,11-14,20H2,1-3H3,(H,41,46). The summed E-state index contributed by atoms with van der Waals surface area (Å²) in [6.45, 7) is 7.02. The van der Waals surface area contributed by atoms with Gasteiger partial charge in [-0.25, -0.2) is 4.98 Å². The van der Waals surface area contributed by atoms with Crippen LogP contribution in [0, 0.1) is 0 Å². The third kappa shape index (κ3) is 7.45. The number of hydrogen-bond acceptors (Lipinski definition) is 7. The first-order valence-corrected chi connectivity index (χ1v) is 15.8. The van der Waals surface area contributed by atoms with Gasteiger partial charge in [-0.2, -0.15) is 22.8 Å². The second-order valence-corrected chi connectivity index (χ2v) is 12.2. The van der Waals surface area contributed by atoms with Crippen molar-refractivity contribution in [1.82, 2.24) is 24.4 Å². The molecule has 47 heavy (non-hydrogen) atoms. The van der Waals surface area contributed by atoms with Crippen LogP contribution in [-0.2, 0) is 12.7 Å². The molecule has 13 heteroatoms. The molecule has 0 saturated carbocycles. The van der Waals surface area contributed by atoms with E-state index < -0.39 is 17.6 Å². The highest BCUT2D eigenvalue weighted by Crippen LogP contribution is 2.36. The van der Waals surface area contributed by atoms with Crippen LogP contribution in [0.5, 0.6) is 5.75 Å². The molecule has 0 aliphatic carbocycles. The van der Waals surface area contributed by atoms with E-state index in [-0.39, 0.29) is 29.5 Å². The summed E-state index contributed by atoms with van der Waals surface area (Å²) in [5.41, 5.74) is 0.984. The Morgan fingerprint density at radius 1 is 1.00 bits per heavy atom. The van der Waals surface area contributed by atoms with E-state index in [1.54, 1.807) is 35.0 Å². The molecule has 5 aromatic rings. The number of benzene rings is 3. The molecule has 0 radical (unpaired) electrons. The average Bonchev–Trinajstić information content (AvgIpc) is 3.43. The average molecular weight is 666 g/mol. The molecule has 1 atom stereocenters. The second-order valence-electron chi connectivity index (χ2n) is 11.8. The van der Waals surface area contributed by atoms with Crippen molar-refractivity contribution in [3.8, 4) is 5.75 Å². The first kappa shape index (κ1) is 32.5. The van der Waals surface area contributed by atoms with Crippen molar-refractivity contribution in [2.24, 2.45) is 0 Å². The number of imidazole rings is 1. The van der Waals surface area contributed by atoms with Gasteiger partial charge in [-0.05, 0) is 85.3 Å². The van der Waals surface area contributed by atoms with Crippen LogP contribution in [0.4, 0.5) is 30.4 Å². The summed E-state index contributed by atoms with van der Waals surface area (Å²) in [4.78, 5) is 22.2. The first-order valence-electron chi connectivity index (χ1n) is 15.4. The molecule has 3 aromatic carbocycles. The van der Waals surface area contributed by atoms with Crippen molar-refractivity contribution in [1.29, 1.82) is 0 Å². The van der Waals surface area contributed by atoms with Gasteiger partial charge in [0.05, 0.1) is 23.4 Å². The van der Waals surface area contributed by atoms with Crippen molar-refractivity contribution in [3.05, 3.63) is 88.7 Å². The number of rotatable bonds is 9. The van der Waals surface area contributed by atoms with Gasteiger partial charge < -0.3 is 20.3 Å². The van der Waals surface area contributed by atoms with E-state index in [1.807, 2.05) is 44.0 Å². The summed E-state index contributed by atoms with van der Waals surface area (Å²) in [6, 6.07) is 16.5. The molecule has 1 saturated heterocycles. The van der Waals surface area contributed by atoms with Gasteiger partial charge >= 0.3 is 6.18 Å². The fourth-order valence-electron chi connectivity index (χ4n) is 5.51. The first-order chi connectivity index (χ1) is 22.5. The Hall–Kier alpha value is -4.39. The van der Waals surface area contributed by atoms with Crippen LogP contribution in [0.1, 0.15) is 41.8 Å². The van der Waals surface area contributed by atoms with E-state index in [2.05, 4.69) is 25.6 Å². The Kier molecular flexibility index (Phi) is 9.27. The molecule has 2 N–H and O–H groups in total. The highest BCUT2D eigenvalue weighted by molar-refractivity contribution is 6.29. The Morgan fingerprint density at radius 3 is 2.51 bits per heavy atom. The predicted octanol–water partition coefficient (Wildman–Crippen LogP) is 7.48. The van der Waals surface area contributed by atoms with Crippen LogP contribution in [0.3, 0.4) is 0 Å². The van der Waals surface area contributed by atoms with Gasteiger partial charge in [0.2, 0.25) is 0 Å². The number of carbonyl (C=O) groups is 1. The Labute approximate surface area is 275 Å². The van der Waals surface area contributed by atoms with Gasteiger partial charge in [0.1, 0.15) is 10.9 Å². The molecular weight excluding hydrogens is 631 g/mol. The van der Waals surface area contributed by atoms with Crippen LogP contribution in [-0.4, -0.2) is 69.6 Å². The lowest BCUT2D eigenvalue weighted by Crippen LogP contribution is -2.44. The number of carbonyl (C=O) groups excluding carboxylic acids is 1. The van der Waals surface area contributed by atoms with Crippen LogP contribution in [0.25, 0.3) is 16.4 Å². The number of fused-ring (bicyclic) bond motifs is 2. The van der Waals surface area contributed by atoms with Crippen LogP contribution >= 0.6 is 11.6 Å². The molecule has 1 fully saturated rings. The van der Waals surface area contributed by atoms with E-state index in [0.29, 0.717) is 47.6 Å². The molecule has 1 amide bonds. The van der Waals surface area contributed by atoms with Crippen molar-refractivity contribution >= 4 is 51.1 Å². The number of nitrogens with one attached hydrogen (secondary N) is 2. The van der Waals surface area contributed by atoms with E-state index >= 15 is 0 Å². The predicted molar refractivity (Wildman–Crippen MR) is 178 cm³/mol. The number of hydrogen-bond donors (Lipinski definition) is 2. The molecule has 1 aliphatic heterocycles. The van der Waals surface area contributed by atoms with Crippen LogP contribution < -0.4 is 15.4 Å². The lowest BCUT2D eigenvalue weighted by molar-refractivity contribution is -0.138. The van der Waals surface area contributed by atoms with Gasteiger partial charge in [-0.15, -0.1) is 0 Å². The number of ether oxygens (including phenoxy) is 1. The van der Waals surface area contributed by atoms with Crippen LogP contribution in [0.15, 0.2) is 66.9 Å². The largest absolute Gasteiger partial charge is 0.490 e. The summed E-state index contributed by atoms with van der Waals surface area (Å²) in [5.74, 6) is 0.352. The fourth-order valence-corrected chi connectivity index (χ4v) is 5.65. The van der Waals surface area contributed by atoms with Gasteiger partial charge in [0.25, 0.3) is 5.91 Å². The van der Waals surface area contributed by atoms with E-state index in [1.165, 1.54) is 12.1 Å². The summed E-state index contributed by atoms with van der Waals surface area (Å²) in [6.07, 6.45) is -2.44. The van der Waals surface area contributed by atoms with Gasteiger partial charge in [0, 0.05) is 44.1 Å². The van der Waals surface area contributed by atoms with Gasteiger partial charge in [-0.3, -0.25) is 9.69 Å². The smallest absolute Gasteiger partial charge is 0.416 e. The number of piperazine rings is 1. The van der Waals surface area contributed by atoms with Crippen LogP contribution in [0.2, 0.25) is 5.15 Å². The Balaban J connectivity index is 1.30. The quantitative estimate of drug-likeness (QED) is 0.169. The lowest BCUT2D eigenvalue weighted by atomic mass is 10.0. The van der Waals surface area contributed by atoms with Crippen molar-refractivity contribution in [3.63, 3.8) is 0 Å². The molecular formula is C34H35ClF3N7O2. The molecule has 0 bridgehead atoms. The van der Waals surface area contributed by atoms with Crippen molar-refractivity contribution in [2.45, 2.75) is 39.1 Å². The summed E-state index contributed by atoms with van der Waals surface area (Å²) < 4.78 is 50.4. The maximum Gasteiger partial charge on any atom is 0.416 e. The zero-order valence-electron chi connectivity index (χ0n) is 26.2. The lowest BCUT2D eigenvalue weighted by Gasteiger charge is -2.33. The van der Waals surface area contributed by atoms with E-state index in [4.69, 9.17) is 16.3 Å². The highest BCUT2D eigenvalue weighted by atomic mass is 35.5. The highest BCUT2D eigenvalue weighted by Gasteiger charge is 2.34. The number of anilines is 3. The van der Waals surface area contributed by atoms with Gasteiger partial charge in [0.15, 0.2) is 11.5 Å². The number of aromatic nitrogens is 3. The third-order valence-corrected chi connectivity index (χ3v) is 8.55. The minimum atomic E-state index is -4.58. The topological polar surface area (TPSA) is 87.0 Å². The number of nitrogens with zero attached hydrogens (tertiary/aromatic N) is 5. The number of amides is 1. The van der Waals surface area contributed by atoms with Crippen molar-refractivity contribution < 1.29 is 22.7 Å². The summed E-state index contributed by atoms with van der Waals surface area (Å²) in [7, 11) is 2.00. The van der Waals surface area contributed by atoms with E-state index in [9.17, 15) is 18.0 Å². The molecule has 1 aliphatic rings. The molecule has 6 rings (SSSR count). The third-order valence-electron chi connectivity index (χ3n) is 8.35. The number of halogens is 4. The summed E-state index contributed by atoms with van der Waals surface area (Å²) in [5, 5.41) is 12.1. The Morgan fingerprint density at radius 2 is 1.77 bits per heavy atom. The fraction of sp³-hybridized carbons (Fsp3) is 0.324. The molecule has 0 spiro atoms. The molecule has 246 valence electrons. The molecule has 2 aromatic heterocycles.